The number of aryl methyl sites for hydroxylation is 1. The summed E-state index contributed by atoms with van der Waals surface area (Å²) in [4.78, 5) is 18.7. The molecule has 0 unspecified atom stereocenters. The Bertz CT molecular complexity index is 1010. The van der Waals surface area contributed by atoms with E-state index in [4.69, 9.17) is 0 Å². The molecule has 2 aromatic carbocycles. The molecule has 0 spiro atoms. The second-order valence-electron chi connectivity index (χ2n) is 5.82. The van der Waals surface area contributed by atoms with E-state index in [9.17, 15) is 13.2 Å². The van der Waals surface area contributed by atoms with Crippen molar-refractivity contribution in [3.63, 3.8) is 0 Å². The Kier molecular flexibility index (Phi) is 6.00. The third kappa shape index (κ3) is 5.00. The zero-order valence-electron chi connectivity index (χ0n) is 14.7. The number of carbonyl (C=O) groups excluding carboxylic acids is 1. The predicted octanol–water partition coefficient (Wildman–Crippen LogP) is 2.92. The molecule has 0 saturated heterocycles. The molecule has 0 radical (unpaired) electrons. The molecule has 0 aliphatic rings. The Hall–Kier alpha value is -2.55. The lowest BCUT2D eigenvalue weighted by Gasteiger charge is -2.08. The van der Waals surface area contributed by atoms with E-state index in [-0.39, 0.29) is 11.3 Å². The number of nitrogens with zero attached hydrogens (tertiary/aromatic N) is 1. The van der Waals surface area contributed by atoms with Crippen LogP contribution in [0.5, 0.6) is 0 Å². The summed E-state index contributed by atoms with van der Waals surface area (Å²) in [5, 5.41) is 2.48. The molecule has 2 N–H and O–H groups in total. The summed E-state index contributed by atoms with van der Waals surface area (Å²) in [5.74, 6) is -0.474. The van der Waals surface area contributed by atoms with Crippen molar-refractivity contribution in [2.45, 2.75) is 24.7 Å². The molecule has 0 aliphatic heterocycles. The highest BCUT2D eigenvalue weighted by molar-refractivity contribution is 7.89. The van der Waals surface area contributed by atoms with Gasteiger partial charge in [-0.3, -0.25) is 10.2 Å². The van der Waals surface area contributed by atoms with Crippen LogP contribution in [0.2, 0.25) is 0 Å². The molecular weight excluding hydrogens is 382 g/mol. The molecule has 0 aliphatic carbocycles. The number of thiazole rings is 1. The maximum Gasteiger partial charge on any atom is 0.257 e. The van der Waals surface area contributed by atoms with Crippen molar-refractivity contribution < 1.29 is 13.2 Å². The maximum atomic E-state index is 12.2. The highest BCUT2D eigenvalue weighted by atomic mass is 32.2. The second-order valence-corrected chi connectivity index (χ2v) is 8.45. The van der Waals surface area contributed by atoms with E-state index >= 15 is 0 Å². The van der Waals surface area contributed by atoms with Gasteiger partial charge in [0.15, 0.2) is 0 Å². The van der Waals surface area contributed by atoms with Crippen LogP contribution in [0.3, 0.4) is 0 Å². The summed E-state index contributed by atoms with van der Waals surface area (Å²) >= 11 is 1.36. The molecule has 1 amide bonds. The first-order valence-electron chi connectivity index (χ1n) is 8.37. The lowest BCUT2D eigenvalue weighted by Crippen LogP contribution is -2.42. The number of sulfonamides is 1. The Morgan fingerprint density at radius 3 is 2.44 bits per heavy atom. The van der Waals surface area contributed by atoms with Crippen molar-refractivity contribution in [1.82, 2.24) is 15.2 Å². The lowest BCUT2D eigenvalue weighted by molar-refractivity contribution is -0.120. The summed E-state index contributed by atoms with van der Waals surface area (Å²) in [6.07, 6.45) is 0.818. The Morgan fingerprint density at radius 1 is 1.07 bits per heavy atom. The summed E-state index contributed by atoms with van der Waals surface area (Å²) < 4.78 is 24.5. The third-order valence-electron chi connectivity index (χ3n) is 3.90. The van der Waals surface area contributed by atoms with Crippen LogP contribution in [0.4, 0.5) is 0 Å². The molecule has 0 atom stereocenters. The first kappa shape index (κ1) is 19.2. The topological polar surface area (TPSA) is 88.2 Å². The van der Waals surface area contributed by atoms with Crippen LogP contribution in [0.1, 0.15) is 17.5 Å². The fraction of sp³-hybridized carbons (Fsp3) is 0.158. The fourth-order valence-corrected chi connectivity index (χ4v) is 4.06. The van der Waals surface area contributed by atoms with Gasteiger partial charge in [0.2, 0.25) is 5.91 Å². The SMILES string of the molecule is CCc1ccc(S(=O)(=O)NNC(=O)Cc2nc(-c3ccccc3)cs2)cc1. The minimum atomic E-state index is -3.81. The van der Waals surface area contributed by atoms with Crippen LogP contribution in [-0.2, 0) is 27.7 Å². The van der Waals surface area contributed by atoms with Crippen molar-refractivity contribution >= 4 is 27.3 Å². The smallest absolute Gasteiger partial charge is 0.257 e. The zero-order chi connectivity index (χ0) is 19.3. The minimum absolute atomic E-state index is 0.00517. The van der Waals surface area contributed by atoms with E-state index in [0.717, 1.165) is 23.2 Å². The van der Waals surface area contributed by atoms with Gasteiger partial charge in [0.05, 0.1) is 17.0 Å². The van der Waals surface area contributed by atoms with E-state index in [1.54, 1.807) is 12.1 Å². The average molecular weight is 402 g/mol. The van der Waals surface area contributed by atoms with Crippen LogP contribution < -0.4 is 10.3 Å². The minimum Gasteiger partial charge on any atom is -0.277 e. The lowest BCUT2D eigenvalue weighted by atomic mass is 10.2. The molecule has 1 aromatic heterocycles. The number of hydrogen-bond acceptors (Lipinski definition) is 5. The molecule has 0 bridgehead atoms. The molecule has 1 heterocycles. The van der Waals surface area contributed by atoms with Crippen LogP contribution in [0.25, 0.3) is 11.3 Å². The quantitative estimate of drug-likeness (QED) is 0.596. The summed E-state index contributed by atoms with van der Waals surface area (Å²) in [6.45, 7) is 1.99. The molecule has 3 rings (SSSR count). The van der Waals surface area contributed by atoms with Gasteiger partial charge in [-0.05, 0) is 24.1 Å². The average Bonchev–Trinajstić information content (AvgIpc) is 3.16. The predicted molar refractivity (Wildman–Crippen MR) is 106 cm³/mol. The van der Waals surface area contributed by atoms with E-state index in [0.29, 0.717) is 5.01 Å². The molecule has 140 valence electrons. The number of hydrazine groups is 1. The third-order valence-corrected chi connectivity index (χ3v) is 6.01. The van der Waals surface area contributed by atoms with E-state index in [2.05, 4.69) is 15.2 Å². The van der Waals surface area contributed by atoms with Gasteiger partial charge in [-0.15, -0.1) is 16.2 Å². The van der Waals surface area contributed by atoms with Crippen molar-refractivity contribution in [3.05, 3.63) is 70.5 Å². The molecule has 0 fully saturated rings. The molecular formula is C19H19N3O3S2. The molecule has 6 nitrogen and oxygen atoms in total. The molecule has 8 heteroatoms. The normalized spacial score (nSPS) is 11.3. The van der Waals surface area contributed by atoms with Crippen LogP contribution in [0.15, 0.2) is 64.9 Å². The summed E-state index contributed by atoms with van der Waals surface area (Å²) in [6, 6.07) is 16.2. The van der Waals surface area contributed by atoms with Gasteiger partial charge in [0.1, 0.15) is 5.01 Å². The van der Waals surface area contributed by atoms with E-state index in [1.807, 2.05) is 42.6 Å². The number of aromatic nitrogens is 1. The Labute approximate surface area is 162 Å². The van der Waals surface area contributed by atoms with Crippen LogP contribution in [0, 0.1) is 0 Å². The summed E-state index contributed by atoms with van der Waals surface area (Å²) in [7, 11) is -3.81. The largest absolute Gasteiger partial charge is 0.277 e. The number of benzene rings is 2. The van der Waals surface area contributed by atoms with Crippen LogP contribution in [-0.4, -0.2) is 19.3 Å². The van der Waals surface area contributed by atoms with Gasteiger partial charge in [0, 0.05) is 10.9 Å². The molecule has 3 aromatic rings. The highest BCUT2D eigenvalue weighted by Gasteiger charge is 2.16. The Balaban J connectivity index is 1.58. The van der Waals surface area contributed by atoms with E-state index < -0.39 is 15.9 Å². The first-order chi connectivity index (χ1) is 13.0. The number of nitrogens with one attached hydrogen (secondary N) is 2. The molecule has 0 saturated carbocycles. The Morgan fingerprint density at radius 2 is 1.78 bits per heavy atom. The zero-order valence-corrected chi connectivity index (χ0v) is 16.3. The number of carbonyl (C=O) groups is 1. The molecule has 27 heavy (non-hydrogen) atoms. The first-order valence-corrected chi connectivity index (χ1v) is 10.7. The van der Waals surface area contributed by atoms with Crippen molar-refractivity contribution in [1.29, 1.82) is 0 Å². The van der Waals surface area contributed by atoms with Gasteiger partial charge in [0.25, 0.3) is 10.0 Å². The van der Waals surface area contributed by atoms with Gasteiger partial charge < -0.3 is 0 Å². The van der Waals surface area contributed by atoms with E-state index in [1.165, 1.54) is 23.5 Å². The second kappa shape index (κ2) is 8.43. The monoisotopic (exact) mass is 401 g/mol. The number of amides is 1. The van der Waals surface area contributed by atoms with Gasteiger partial charge in [-0.1, -0.05) is 49.4 Å². The van der Waals surface area contributed by atoms with Gasteiger partial charge in [-0.2, -0.15) is 0 Å². The highest BCUT2D eigenvalue weighted by Crippen LogP contribution is 2.21. The van der Waals surface area contributed by atoms with Gasteiger partial charge in [-0.25, -0.2) is 13.4 Å². The van der Waals surface area contributed by atoms with Crippen molar-refractivity contribution in [3.8, 4) is 11.3 Å². The number of rotatable bonds is 7. The maximum absolute atomic E-state index is 12.2. The van der Waals surface area contributed by atoms with Crippen molar-refractivity contribution in [2.24, 2.45) is 0 Å². The van der Waals surface area contributed by atoms with Gasteiger partial charge >= 0.3 is 0 Å². The van der Waals surface area contributed by atoms with Crippen molar-refractivity contribution in [2.75, 3.05) is 0 Å². The standard InChI is InChI=1S/C19H19N3O3S2/c1-2-14-8-10-16(11-9-14)27(24,25)22-21-18(23)12-19-20-17(13-26-19)15-6-4-3-5-7-15/h3-11,13,22H,2,12H2,1H3,(H,21,23). The number of hydrogen-bond donors (Lipinski definition) is 2. The fourth-order valence-electron chi connectivity index (χ4n) is 2.40. The van der Waals surface area contributed by atoms with Crippen LogP contribution >= 0.6 is 11.3 Å². The summed E-state index contributed by atoms with van der Waals surface area (Å²) in [5.41, 5.74) is 5.04.